The van der Waals surface area contributed by atoms with E-state index in [2.05, 4.69) is 36.0 Å². The number of hydrogen-bond donors (Lipinski definition) is 2. The van der Waals surface area contributed by atoms with Gasteiger partial charge < -0.3 is 14.8 Å². The third-order valence-corrected chi connectivity index (χ3v) is 6.97. The summed E-state index contributed by atoms with van der Waals surface area (Å²) in [6.45, 7) is 6.40. The highest BCUT2D eigenvalue weighted by atomic mass is 32.2. The van der Waals surface area contributed by atoms with Crippen LogP contribution in [0, 0.1) is 13.8 Å². The lowest BCUT2D eigenvalue weighted by Gasteiger charge is -2.21. The van der Waals surface area contributed by atoms with Crippen LogP contribution in [-0.2, 0) is 0 Å². The summed E-state index contributed by atoms with van der Waals surface area (Å²) >= 11 is 1.35. The Balaban J connectivity index is 1.72. The summed E-state index contributed by atoms with van der Waals surface area (Å²) in [5.74, 6) is 1.47. The van der Waals surface area contributed by atoms with Crippen LogP contribution in [0.4, 0.5) is 5.95 Å². The number of ether oxygens (including phenoxy) is 2. The van der Waals surface area contributed by atoms with E-state index in [9.17, 15) is 4.79 Å². The van der Waals surface area contributed by atoms with E-state index in [0.717, 1.165) is 44.2 Å². The van der Waals surface area contributed by atoms with Crippen LogP contribution in [0.15, 0.2) is 71.6 Å². The van der Waals surface area contributed by atoms with Gasteiger partial charge in [0, 0.05) is 16.0 Å². The third kappa shape index (κ3) is 5.24. The van der Waals surface area contributed by atoms with E-state index >= 15 is 0 Å². The first kappa shape index (κ1) is 24.6. The summed E-state index contributed by atoms with van der Waals surface area (Å²) < 4.78 is 15.1. The Morgan fingerprint density at radius 2 is 1.68 bits per heavy atom. The van der Waals surface area contributed by atoms with Gasteiger partial charge in [0.05, 0.1) is 24.9 Å². The van der Waals surface area contributed by atoms with Gasteiger partial charge in [-0.05, 0) is 79.7 Å². The highest BCUT2D eigenvalue weighted by Crippen LogP contribution is 2.41. The molecule has 3 aromatic carbocycles. The van der Waals surface area contributed by atoms with Crippen LogP contribution in [0.1, 0.15) is 28.4 Å². The maximum atomic E-state index is 12.7. The van der Waals surface area contributed by atoms with Gasteiger partial charge in [0.2, 0.25) is 11.8 Å². The molecule has 1 aliphatic rings. The van der Waals surface area contributed by atoms with Crippen molar-refractivity contribution >= 4 is 23.8 Å². The molecule has 7 nitrogen and oxygen atoms in total. The molecule has 0 spiro atoms. The molecule has 0 aliphatic carbocycles. The Kier molecular flexibility index (Phi) is 7.01. The summed E-state index contributed by atoms with van der Waals surface area (Å²) in [6.07, 6.45) is -0.342. The molecule has 8 heteroatoms. The van der Waals surface area contributed by atoms with E-state index in [1.54, 1.807) is 13.2 Å². The Labute approximate surface area is 220 Å². The first-order valence-electron chi connectivity index (χ1n) is 12.0. The monoisotopic (exact) mass is 512 g/mol. The smallest absolute Gasteiger partial charge is 0.251 e. The molecule has 4 bridgehead atoms. The zero-order valence-corrected chi connectivity index (χ0v) is 22.0. The number of carbonyl (C=O) groups excluding carboxylic acids is 1. The molecule has 5 rings (SSSR count). The lowest BCUT2D eigenvalue weighted by atomic mass is 9.94. The normalized spacial score (nSPS) is 15.2. The average molecular weight is 513 g/mol. The molecular weight excluding hydrogens is 484 g/mol. The Hall–Kier alpha value is -4.04. The van der Waals surface area contributed by atoms with E-state index < -0.39 is 0 Å². The number of aromatic nitrogens is 2. The summed E-state index contributed by atoms with van der Waals surface area (Å²) in [5.41, 5.74) is 6.27. The molecule has 0 unspecified atom stereocenters. The van der Waals surface area contributed by atoms with E-state index in [4.69, 9.17) is 19.4 Å². The standard InChI is InChI=1S/C29H28N4O3S/c1-17-7-5-8-18(2)24(17)26-25(20-11-13-22(35-4)14-12-20)28-32-29(31-26)33-37-23-10-6-9-21(15-23)27(34)30-16-19(3)36-28/h5-15,19H,16H2,1-4H3,(H,30,34)(H,31,32,33)/t19-/m1/s1. The maximum Gasteiger partial charge on any atom is 0.251 e. The number of nitrogens with one attached hydrogen (secondary N) is 2. The summed E-state index contributed by atoms with van der Waals surface area (Å²) in [4.78, 5) is 23.4. The van der Waals surface area contributed by atoms with Gasteiger partial charge in [-0.25, -0.2) is 4.98 Å². The summed E-state index contributed by atoms with van der Waals surface area (Å²) in [5, 5.41) is 2.97. The van der Waals surface area contributed by atoms with Crippen molar-refractivity contribution < 1.29 is 14.3 Å². The van der Waals surface area contributed by atoms with Gasteiger partial charge in [0.1, 0.15) is 11.9 Å². The van der Waals surface area contributed by atoms with Gasteiger partial charge in [0.25, 0.3) is 5.91 Å². The van der Waals surface area contributed by atoms with Crippen molar-refractivity contribution in [3.05, 3.63) is 83.4 Å². The molecule has 2 N–H and O–H groups in total. The SMILES string of the molecule is COc1ccc(-c2c3nc(nc2-c2c(C)cccc2C)NSc2cccc(c2)C(=O)NC[C@@H](C)O3)cc1. The van der Waals surface area contributed by atoms with E-state index in [1.165, 1.54) is 11.9 Å². The number of benzene rings is 3. The predicted octanol–water partition coefficient (Wildman–Crippen LogP) is 6.07. The van der Waals surface area contributed by atoms with Crippen molar-refractivity contribution in [3.63, 3.8) is 0 Å². The second-order valence-electron chi connectivity index (χ2n) is 8.94. The topological polar surface area (TPSA) is 85.4 Å². The number of nitrogens with zero attached hydrogens (tertiary/aromatic N) is 2. The molecule has 1 aliphatic heterocycles. The minimum atomic E-state index is -0.342. The molecule has 4 aromatic rings. The number of hydrogen-bond acceptors (Lipinski definition) is 7. The lowest BCUT2D eigenvalue weighted by Crippen LogP contribution is -2.33. The van der Waals surface area contributed by atoms with E-state index in [1.807, 2.05) is 55.5 Å². The summed E-state index contributed by atoms with van der Waals surface area (Å²) in [6, 6.07) is 21.4. The number of rotatable bonds is 3. The van der Waals surface area contributed by atoms with Gasteiger partial charge >= 0.3 is 0 Å². The average Bonchev–Trinajstić information content (AvgIpc) is 2.90. The molecule has 0 saturated heterocycles. The minimum Gasteiger partial charge on any atom is -0.497 e. The lowest BCUT2D eigenvalue weighted by molar-refractivity contribution is 0.0931. The van der Waals surface area contributed by atoms with Crippen LogP contribution in [0.2, 0.25) is 0 Å². The number of carbonyl (C=O) groups is 1. The second kappa shape index (κ2) is 10.5. The first-order chi connectivity index (χ1) is 17.9. The van der Waals surface area contributed by atoms with Crippen molar-refractivity contribution in [2.24, 2.45) is 0 Å². The van der Waals surface area contributed by atoms with Gasteiger partial charge in [0.15, 0.2) is 0 Å². The zero-order chi connectivity index (χ0) is 25.9. The molecule has 2 heterocycles. The quantitative estimate of drug-likeness (QED) is 0.323. The molecule has 1 amide bonds. The third-order valence-electron chi connectivity index (χ3n) is 6.19. The minimum absolute atomic E-state index is 0.151. The first-order valence-corrected chi connectivity index (χ1v) is 12.9. The maximum absolute atomic E-state index is 12.7. The largest absolute Gasteiger partial charge is 0.497 e. The van der Waals surface area contributed by atoms with Crippen molar-refractivity contribution in [1.29, 1.82) is 0 Å². The van der Waals surface area contributed by atoms with Crippen LogP contribution in [0.25, 0.3) is 22.4 Å². The van der Waals surface area contributed by atoms with E-state index in [-0.39, 0.29) is 12.0 Å². The highest BCUT2D eigenvalue weighted by Gasteiger charge is 2.24. The van der Waals surface area contributed by atoms with Crippen molar-refractivity contribution in [2.45, 2.75) is 31.8 Å². The van der Waals surface area contributed by atoms with Crippen molar-refractivity contribution in [1.82, 2.24) is 15.3 Å². The van der Waals surface area contributed by atoms with Crippen LogP contribution in [0.3, 0.4) is 0 Å². The van der Waals surface area contributed by atoms with E-state index in [0.29, 0.717) is 23.9 Å². The van der Waals surface area contributed by atoms with Gasteiger partial charge in [-0.1, -0.05) is 36.4 Å². The van der Waals surface area contributed by atoms with Gasteiger partial charge in [-0.15, -0.1) is 0 Å². The number of aryl methyl sites for hydroxylation is 2. The van der Waals surface area contributed by atoms with Gasteiger partial charge in [-0.3, -0.25) is 9.52 Å². The highest BCUT2D eigenvalue weighted by molar-refractivity contribution is 8.00. The van der Waals surface area contributed by atoms with Crippen LogP contribution < -0.4 is 19.5 Å². The fraction of sp³-hybridized carbons (Fsp3) is 0.207. The Bertz CT molecular complexity index is 1440. The fourth-order valence-corrected chi connectivity index (χ4v) is 4.97. The number of amides is 1. The molecule has 0 saturated carbocycles. The summed E-state index contributed by atoms with van der Waals surface area (Å²) in [7, 11) is 1.64. The molecule has 1 aromatic heterocycles. The number of fused-ring (bicyclic) bond motifs is 4. The number of methoxy groups -OCH3 is 1. The van der Waals surface area contributed by atoms with Crippen LogP contribution >= 0.6 is 11.9 Å². The Morgan fingerprint density at radius 1 is 0.946 bits per heavy atom. The molecule has 1 atom stereocenters. The van der Waals surface area contributed by atoms with Crippen LogP contribution in [-0.4, -0.2) is 35.6 Å². The zero-order valence-electron chi connectivity index (χ0n) is 21.2. The molecule has 37 heavy (non-hydrogen) atoms. The van der Waals surface area contributed by atoms with Crippen molar-refractivity contribution in [3.8, 4) is 34.0 Å². The predicted molar refractivity (Wildman–Crippen MR) is 147 cm³/mol. The number of anilines is 1. The fourth-order valence-electron chi connectivity index (χ4n) is 4.33. The molecular formula is C29H28N4O3S. The molecule has 0 radical (unpaired) electrons. The second-order valence-corrected chi connectivity index (χ2v) is 9.82. The Morgan fingerprint density at radius 3 is 2.41 bits per heavy atom. The van der Waals surface area contributed by atoms with Gasteiger partial charge in [-0.2, -0.15) is 4.98 Å². The van der Waals surface area contributed by atoms with Crippen molar-refractivity contribution in [2.75, 3.05) is 18.4 Å². The molecule has 0 fully saturated rings. The van der Waals surface area contributed by atoms with Crippen LogP contribution in [0.5, 0.6) is 11.6 Å². The molecule has 188 valence electrons.